The molecule has 4 aromatic rings. The molecule has 9 heteroatoms. The molecule has 0 saturated carbocycles. The number of carbonyl (C=O) groups is 3. The van der Waals surface area contributed by atoms with E-state index in [1.165, 1.54) is 31.1 Å². The molecular formula is C27H26N2O5S2. The van der Waals surface area contributed by atoms with E-state index >= 15 is 0 Å². The van der Waals surface area contributed by atoms with Crippen molar-refractivity contribution in [3.63, 3.8) is 0 Å². The Labute approximate surface area is 218 Å². The summed E-state index contributed by atoms with van der Waals surface area (Å²) < 4.78 is 9.20. The lowest BCUT2D eigenvalue weighted by molar-refractivity contribution is 0.0592. The number of nitrogens with zero attached hydrogens (tertiary/aromatic N) is 2. The number of ether oxygens (including phenoxy) is 2. The lowest BCUT2D eigenvalue weighted by Gasteiger charge is -1.99. The van der Waals surface area contributed by atoms with E-state index in [1.807, 2.05) is 41.8 Å². The highest BCUT2D eigenvalue weighted by Crippen LogP contribution is 2.12. The molecule has 0 aliphatic heterocycles. The van der Waals surface area contributed by atoms with Gasteiger partial charge < -0.3 is 9.47 Å². The maximum atomic E-state index is 11.2. The van der Waals surface area contributed by atoms with Crippen molar-refractivity contribution in [1.82, 2.24) is 9.97 Å². The SMILES string of the molecule is CCc1ccc(C(=O)OC)cc1.COC(=O)c1ccc(/C=C/c2nccs2)cc1.O=Cc1nccs1. The van der Waals surface area contributed by atoms with Gasteiger partial charge in [-0.25, -0.2) is 19.6 Å². The first-order chi connectivity index (χ1) is 17.5. The minimum absolute atomic E-state index is 0.280. The van der Waals surface area contributed by atoms with Gasteiger partial charge in [-0.2, -0.15) is 0 Å². The summed E-state index contributed by atoms with van der Waals surface area (Å²) in [7, 11) is 2.76. The zero-order valence-corrected chi connectivity index (χ0v) is 21.8. The molecule has 186 valence electrons. The van der Waals surface area contributed by atoms with Crippen LogP contribution in [0, 0.1) is 0 Å². The van der Waals surface area contributed by atoms with Crippen LogP contribution in [0.1, 0.15) is 53.6 Å². The standard InChI is InChI=1S/C13H11NO2S.C10H12O2.C4H3NOS/c1-16-13(15)11-5-2-10(3-6-11)4-7-12-14-8-9-17-12;1-3-8-4-6-9(7-5-8)10(11)12-2;6-3-4-5-1-2-7-4/h2-9H,1H3;4-7H,3H2,1-2H3;1-3H/b7-4+;;. The predicted octanol–water partition coefficient (Wildman–Crippen LogP) is 6.09. The number of hydrogen-bond acceptors (Lipinski definition) is 9. The fourth-order valence-corrected chi connectivity index (χ4v) is 3.59. The number of rotatable bonds is 6. The van der Waals surface area contributed by atoms with Gasteiger partial charge in [-0.05, 0) is 47.9 Å². The molecule has 7 nitrogen and oxygen atoms in total. The highest BCUT2D eigenvalue weighted by Gasteiger charge is 2.03. The second-order valence-electron chi connectivity index (χ2n) is 6.85. The Bertz CT molecular complexity index is 1220. The van der Waals surface area contributed by atoms with Crippen molar-refractivity contribution >= 4 is 53.1 Å². The largest absolute Gasteiger partial charge is 0.465 e. The van der Waals surface area contributed by atoms with Crippen LogP contribution in [0.15, 0.2) is 71.7 Å². The van der Waals surface area contributed by atoms with Crippen LogP contribution in [0.25, 0.3) is 12.2 Å². The highest BCUT2D eigenvalue weighted by atomic mass is 32.1. The van der Waals surface area contributed by atoms with Gasteiger partial charge in [-0.1, -0.05) is 37.3 Å². The van der Waals surface area contributed by atoms with Crippen LogP contribution in [0.2, 0.25) is 0 Å². The van der Waals surface area contributed by atoms with Gasteiger partial charge in [0, 0.05) is 23.2 Å². The van der Waals surface area contributed by atoms with E-state index in [1.54, 1.807) is 53.4 Å². The zero-order chi connectivity index (χ0) is 26.2. The minimum atomic E-state index is -0.319. The van der Waals surface area contributed by atoms with Crippen molar-refractivity contribution in [2.24, 2.45) is 0 Å². The first-order valence-electron chi connectivity index (χ1n) is 10.8. The highest BCUT2D eigenvalue weighted by molar-refractivity contribution is 7.11. The van der Waals surface area contributed by atoms with Gasteiger partial charge in [-0.15, -0.1) is 22.7 Å². The van der Waals surface area contributed by atoms with Crippen molar-refractivity contribution in [2.75, 3.05) is 14.2 Å². The van der Waals surface area contributed by atoms with Crippen molar-refractivity contribution in [2.45, 2.75) is 13.3 Å². The first-order valence-corrected chi connectivity index (χ1v) is 12.5. The number of methoxy groups -OCH3 is 2. The Balaban J connectivity index is 0.000000208. The number of hydrogen-bond donors (Lipinski definition) is 0. The van der Waals surface area contributed by atoms with Crippen LogP contribution in [-0.4, -0.2) is 42.4 Å². The minimum Gasteiger partial charge on any atom is -0.465 e. The van der Waals surface area contributed by atoms with Crippen LogP contribution in [-0.2, 0) is 15.9 Å². The third kappa shape index (κ3) is 9.73. The van der Waals surface area contributed by atoms with Crippen LogP contribution in [0.3, 0.4) is 0 Å². The molecule has 0 bridgehead atoms. The zero-order valence-electron chi connectivity index (χ0n) is 20.1. The number of esters is 2. The average molecular weight is 523 g/mol. The van der Waals surface area contributed by atoms with E-state index in [9.17, 15) is 14.4 Å². The monoisotopic (exact) mass is 522 g/mol. The van der Waals surface area contributed by atoms with Gasteiger partial charge in [0.2, 0.25) is 0 Å². The summed E-state index contributed by atoms with van der Waals surface area (Å²) >= 11 is 2.93. The Morgan fingerprint density at radius 1 is 0.778 bits per heavy atom. The molecule has 0 N–H and O–H groups in total. The maximum Gasteiger partial charge on any atom is 0.337 e. The Hall–Kier alpha value is -3.95. The van der Waals surface area contributed by atoms with Crippen molar-refractivity contribution in [1.29, 1.82) is 0 Å². The molecule has 36 heavy (non-hydrogen) atoms. The third-order valence-corrected chi connectivity index (χ3v) is 5.98. The average Bonchev–Trinajstić information content (AvgIpc) is 3.67. The first kappa shape index (κ1) is 28.3. The molecule has 0 fully saturated rings. The summed E-state index contributed by atoms with van der Waals surface area (Å²) in [5, 5.41) is 5.20. The van der Waals surface area contributed by atoms with Gasteiger partial charge in [0.05, 0.1) is 25.3 Å². The summed E-state index contributed by atoms with van der Waals surface area (Å²) in [6.07, 6.45) is 9.00. The number of benzene rings is 2. The number of carbonyl (C=O) groups excluding carboxylic acids is 3. The van der Waals surface area contributed by atoms with Gasteiger partial charge in [-0.3, -0.25) is 4.79 Å². The molecule has 0 radical (unpaired) electrons. The summed E-state index contributed by atoms with van der Waals surface area (Å²) in [6, 6.07) is 14.7. The van der Waals surface area contributed by atoms with Crippen LogP contribution >= 0.6 is 22.7 Å². The molecular weight excluding hydrogens is 496 g/mol. The molecule has 0 saturated heterocycles. The van der Waals surface area contributed by atoms with E-state index in [2.05, 4.69) is 26.4 Å². The second kappa shape index (κ2) is 15.9. The molecule has 0 spiro atoms. The summed E-state index contributed by atoms with van der Waals surface area (Å²) in [6.45, 7) is 2.08. The molecule has 2 aromatic carbocycles. The van der Waals surface area contributed by atoms with Crippen molar-refractivity contribution < 1.29 is 23.9 Å². The van der Waals surface area contributed by atoms with Crippen molar-refractivity contribution in [3.05, 3.63) is 104 Å². The predicted molar refractivity (Wildman–Crippen MR) is 143 cm³/mol. The number of aromatic nitrogens is 2. The van der Waals surface area contributed by atoms with Crippen LogP contribution in [0.4, 0.5) is 0 Å². The molecule has 2 aromatic heterocycles. The lowest BCUT2D eigenvalue weighted by atomic mass is 10.1. The van der Waals surface area contributed by atoms with Gasteiger partial charge in [0.15, 0.2) is 11.3 Å². The quantitative estimate of drug-likeness (QED) is 0.223. The van der Waals surface area contributed by atoms with E-state index in [-0.39, 0.29) is 11.9 Å². The van der Waals surface area contributed by atoms with E-state index in [4.69, 9.17) is 0 Å². The molecule has 0 unspecified atom stereocenters. The van der Waals surface area contributed by atoms with Gasteiger partial charge >= 0.3 is 11.9 Å². The number of thiazole rings is 2. The molecule has 0 atom stereocenters. The maximum absolute atomic E-state index is 11.2. The Morgan fingerprint density at radius 2 is 1.28 bits per heavy atom. The van der Waals surface area contributed by atoms with Crippen LogP contribution in [0.5, 0.6) is 0 Å². The summed E-state index contributed by atoms with van der Waals surface area (Å²) in [5.74, 6) is -0.599. The fraction of sp³-hybridized carbons (Fsp3) is 0.148. The smallest absolute Gasteiger partial charge is 0.337 e. The fourth-order valence-electron chi connectivity index (χ4n) is 2.62. The molecule has 2 heterocycles. The third-order valence-electron chi connectivity index (χ3n) is 4.54. The lowest BCUT2D eigenvalue weighted by Crippen LogP contribution is -2.00. The normalized spacial score (nSPS) is 9.86. The van der Waals surface area contributed by atoms with Gasteiger partial charge in [0.1, 0.15) is 5.01 Å². The summed E-state index contributed by atoms with van der Waals surface area (Å²) in [4.78, 5) is 39.9. The van der Waals surface area contributed by atoms with Crippen molar-refractivity contribution in [3.8, 4) is 0 Å². The van der Waals surface area contributed by atoms with Gasteiger partial charge in [0.25, 0.3) is 0 Å². The molecule has 4 rings (SSSR count). The van der Waals surface area contributed by atoms with E-state index in [0.717, 1.165) is 23.3 Å². The number of aldehydes is 1. The number of aryl methyl sites for hydroxylation is 1. The van der Waals surface area contributed by atoms with E-state index in [0.29, 0.717) is 16.1 Å². The Morgan fingerprint density at radius 3 is 1.67 bits per heavy atom. The molecule has 0 aliphatic rings. The summed E-state index contributed by atoms with van der Waals surface area (Å²) in [5.41, 5.74) is 3.41. The topological polar surface area (TPSA) is 95.5 Å². The molecule has 0 amide bonds. The van der Waals surface area contributed by atoms with E-state index < -0.39 is 0 Å². The Kier molecular flexibility index (Phi) is 12.5. The second-order valence-corrected chi connectivity index (χ2v) is 8.70. The van der Waals surface area contributed by atoms with Crippen LogP contribution < -0.4 is 0 Å². The molecule has 0 aliphatic carbocycles.